The standard InChI is InChI=1S/C26H34FN7O3/c1-33(2)9-14-36-26-23(27)25(30-17-31-26)32-18-3-5-20(6-4-18)37-22-16-19(34-10-12-35-13-11-34)15-21-24(22)29-8-7-28-21/h7-8,15-18,20H,3-6,9-14H2,1-2H3,(H,30,31,32)/t18-,20+. The molecule has 3 heterocycles. The summed E-state index contributed by atoms with van der Waals surface area (Å²) in [7, 11) is 3.87. The molecule has 0 atom stereocenters. The largest absolute Gasteiger partial charge is 0.488 e. The second-order valence-electron chi connectivity index (χ2n) is 9.70. The molecular formula is C26H34FN7O3. The van der Waals surface area contributed by atoms with Crippen molar-refractivity contribution in [3.63, 3.8) is 0 Å². The number of morpholine rings is 1. The summed E-state index contributed by atoms with van der Waals surface area (Å²) in [5, 5.41) is 3.24. The number of fused-ring (bicyclic) bond motifs is 1. The van der Waals surface area contributed by atoms with Gasteiger partial charge in [-0.1, -0.05) is 0 Å². The first-order chi connectivity index (χ1) is 18.1. The molecule has 11 heteroatoms. The fourth-order valence-corrected chi connectivity index (χ4v) is 4.70. The predicted molar refractivity (Wildman–Crippen MR) is 139 cm³/mol. The van der Waals surface area contributed by atoms with Gasteiger partial charge in [-0.05, 0) is 45.8 Å². The van der Waals surface area contributed by atoms with E-state index in [2.05, 4.69) is 42.3 Å². The molecule has 1 N–H and O–H groups in total. The first-order valence-corrected chi connectivity index (χ1v) is 12.9. The highest BCUT2D eigenvalue weighted by Gasteiger charge is 2.26. The number of nitrogens with zero attached hydrogens (tertiary/aromatic N) is 6. The molecule has 0 spiro atoms. The first-order valence-electron chi connectivity index (χ1n) is 12.9. The monoisotopic (exact) mass is 511 g/mol. The molecule has 3 aromatic rings. The Kier molecular flexibility index (Phi) is 8.10. The molecule has 1 aromatic carbocycles. The number of nitrogens with one attached hydrogen (secondary N) is 1. The minimum Gasteiger partial charge on any atom is -0.488 e. The lowest BCUT2D eigenvalue weighted by Crippen LogP contribution is -2.36. The molecule has 1 aliphatic carbocycles. The minimum absolute atomic E-state index is 0.0236. The number of ether oxygens (including phenoxy) is 3. The molecule has 5 rings (SSSR count). The van der Waals surface area contributed by atoms with Crippen molar-refractivity contribution in [2.75, 3.05) is 63.8 Å². The lowest BCUT2D eigenvalue weighted by Gasteiger charge is -2.31. The molecule has 2 fully saturated rings. The van der Waals surface area contributed by atoms with Crippen molar-refractivity contribution < 1.29 is 18.6 Å². The van der Waals surface area contributed by atoms with Crippen LogP contribution in [0, 0.1) is 5.82 Å². The van der Waals surface area contributed by atoms with Gasteiger partial charge < -0.3 is 29.3 Å². The lowest BCUT2D eigenvalue weighted by molar-refractivity contribution is 0.122. The lowest BCUT2D eigenvalue weighted by atomic mass is 9.93. The zero-order chi connectivity index (χ0) is 25.6. The maximum atomic E-state index is 14.9. The van der Waals surface area contributed by atoms with Crippen molar-refractivity contribution in [2.45, 2.75) is 37.8 Å². The van der Waals surface area contributed by atoms with E-state index in [9.17, 15) is 4.39 Å². The van der Waals surface area contributed by atoms with E-state index in [4.69, 9.17) is 14.2 Å². The summed E-state index contributed by atoms with van der Waals surface area (Å²) in [5.74, 6) is 0.359. The van der Waals surface area contributed by atoms with Crippen LogP contribution in [0.15, 0.2) is 30.9 Å². The van der Waals surface area contributed by atoms with Gasteiger partial charge in [0.1, 0.15) is 24.2 Å². The van der Waals surface area contributed by atoms with Crippen molar-refractivity contribution in [3.05, 3.63) is 36.7 Å². The Bertz CT molecular complexity index is 1180. The molecular weight excluding hydrogens is 477 g/mol. The molecule has 0 bridgehead atoms. The number of aromatic nitrogens is 4. The fraction of sp³-hybridized carbons (Fsp3) is 0.538. The molecule has 37 heavy (non-hydrogen) atoms. The van der Waals surface area contributed by atoms with Crippen molar-refractivity contribution in [1.29, 1.82) is 0 Å². The number of hydrogen-bond acceptors (Lipinski definition) is 10. The fourth-order valence-electron chi connectivity index (χ4n) is 4.70. The molecule has 1 aliphatic heterocycles. The Hall–Kier alpha value is -3.31. The van der Waals surface area contributed by atoms with Gasteiger partial charge in [0.25, 0.3) is 5.88 Å². The highest BCUT2D eigenvalue weighted by Crippen LogP contribution is 2.33. The van der Waals surface area contributed by atoms with E-state index in [-0.39, 0.29) is 23.8 Å². The predicted octanol–water partition coefficient (Wildman–Crippen LogP) is 3.14. The normalized spacial score (nSPS) is 20.3. The van der Waals surface area contributed by atoms with Crippen LogP contribution >= 0.6 is 0 Å². The van der Waals surface area contributed by atoms with Crippen LogP contribution < -0.4 is 19.7 Å². The van der Waals surface area contributed by atoms with E-state index >= 15 is 0 Å². The number of benzene rings is 1. The van der Waals surface area contributed by atoms with Gasteiger partial charge in [0, 0.05) is 49.8 Å². The quantitative estimate of drug-likeness (QED) is 0.461. The average molecular weight is 512 g/mol. The van der Waals surface area contributed by atoms with Gasteiger partial charge in [-0.2, -0.15) is 9.37 Å². The van der Waals surface area contributed by atoms with Gasteiger partial charge in [0.15, 0.2) is 5.82 Å². The van der Waals surface area contributed by atoms with E-state index in [1.54, 1.807) is 12.4 Å². The van der Waals surface area contributed by atoms with Crippen molar-refractivity contribution >= 4 is 22.5 Å². The van der Waals surface area contributed by atoms with Gasteiger partial charge in [-0.3, -0.25) is 4.98 Å². The Morgan fingerprint density at radius 2 is 1.84 bits per heavy atom. The van der Waals surface area contributed by atoms with Crippen LogP contribution in [0.1, 0.15) is 25.7 Å². The van der Waals surface area contributed by atoms with E-state index in [0.29, 0.717) is 26.4 Å². The van der Waals surface area contributed by atoms with Gasteiger partial charge in [-0.25, -0.2) is 9.97 Å². The summed E-state index contributed by atoms with van der Waals surface area (Å²) in [6.45, 7) is 4.12. The van der Waals surface area contributed by atoms with E-state index in [1.807, 2.05) is 19.0 Å². The number of halogens is 1. The highest BCUT2D eigenvalue weighted by atomic mass is 19.1. The molecule has 0 amide bonds. The second-order valence-corrected chi connectivity index (χ2v) is 9.70. The summed E-state index contributed by atoms with van der Waals surface area (Å²) in [6, 6.07) is 4.23. The zero-order valence-corrected chi connectivity index (χ0v) is 21.4. The summed E-state index contributed by atoms with van der Waals surface area (Å²) in [5.41, 5.74) is 2.66. The molecule has 2 aromatic heterocycles. The summed E-state index contributed by atoms with van der Waals surface area (Å²) in [4.78, 5) is 21.4. The van der Waals surface area contributed by atoms with Gasteiger partial charge in [0.05, 0.1) is 24.8 Å². The Labute approximate surface area is 216 Å². The van der Waals surface area contributed by atoms with E-state index in [0.717, 1.165) is 61.2 Å². The van der Waals surface area contributed by atoms with Gasteiger partial charge >= 0.3 is 0 Å². The number of likely N-dealkylation sites (N-methyl/N-ethyl adjacent to an activating group) is 1. The van der Waals surface area contributed by atoms with Crippen LogP contribution in [0.3, 0.4) is 0 Å². The van der Waals surface area contributed by atoms with Crippen LogP contribution in [-0.2, 0) is 4.74 Å². The van der Waals surface area contributed by atoms with Crippen LogP contribution in [0.2, 0.25) is 0 Å². The first kappa shape index (κ1) is 25.3. The molecule has 2 aliphatic rings. The minimum atomic E-state index is -0.551. The third-order valence-electron chi connectivity index (χ3n) is 6.74. The zero-order valence-electron chi connectivity index (χ0n) is 21.4. The van der Waals surface area contributed by atoms with Crippen molar-refractivity contribution in [2.24, 2.45) is 0 Å². The Balaban J connectivity index is 1.21. The number of anilines is 2. The molecule has 0 radical (unpaired) electrons. The van der Waals surface area contributed by atoms with Crippen LogP contribution in [-0.4, -0.2) is 90.5 Å². The molecule has 198 valence electrons. The smallest absolute Gasteiger partial charge is 0.255 e. The molecule has 0 unspecified atom stereocenters. The van der Waals surface area contributed by atoms with Gasteiger partial charge in [0.2, 0.25) is 5.82 Å². The van der Waals surface area contributed by atoms with E-state index < -0.39 is 5.82 Å². The van der Waals surface area contributed by atoms with Crippen LogP contribution in [0.25, 0.3) is 11.0 Å². The van der Waals surface area contributed by atoms with Gasteiger partial charge in [-0.15, -0.1) is 0 Å². The Morgan fingerprint density at radius 1 is 1.05 bits per heavy atom. The topological polar surface area (TPSA) is 97.8 Å². The van der Waals surface area contributed by atoms with Crippen LogP contribution in [0.5, 0.6) is 11.6 Å². The van der Waals surface area contributed by atoms with E-state index in [1.165, 1.54) is 6.33 Å². The molecule has 10 nitrogen and oxygen atoms in total. The number of rotatable bonds is 9. The van der Waals surface area contributed by atoms with Crippen LogP contribution in [0.4, 0.5) is 15.9 Å². The highest BCUT2D eigenvalue weighted by molar-refractivity contribution is 5.85. The summed E-state index contributed by atoms with van der Waals surface area (Å²) >= 11 is 0. The average Bonchev–Trinajstić information content (AvgIpc) is 2.92. The van der Waals surface area contributed by atoms with Crippen molar-refractivity contribution in [3.8, 4) is 11.6 Å². The molecule has 1 saturated carbocycles. The summed E-state index contributed by atoms with van der Waals surface area (Å²) < 4.78 is 32.4. The summed E-state index contributed by atoms with van der Waals surface area (Å²) in [6.07, 6.45) is 8.10. The number of hydrogen-bond donors (Lipinski definition) is 1. The van der Waals surface area contributed by atoms with Crippen molar-refractivity contribution in [1.82, 2.24) is 24.8 Å². The third-order valence-corrected chi connectivity index (χ3v) is 6.74. The second kappa shape index (κ2) is 11.8. The molecule has 1 saturated heterocycles. The Morgan fingerprint density at radius 3 is 2.62 bits per heavy atom. The third kappa shape index (κ3) is 6.34. The maximum Gasteiger partial charge on any atom is 0.255 e. The maximum absolute atomic E-state index is 14.9. The SMILES string of the molecule is CN(C)CCOc1ncnc(N[C@H]2CC[C@@H](Oc3cc(N4CCOCC4)cc4nccnc34)CC2)c1F.